The van der Waals surface area contributed by atoms with Crippen molar-refractivity contribution >= 4 is 5.97 Å². The van der Waals surface area contributed by atoms with Gasteiger partial charge in [0, 0.05) is 18.1 Å². The number of methoxy groups -OCH3 is 2. The number of hydrogen-bond donors (Lipinski definition) is 1. The number of nitrogens with zero attached hydrogens (tertiary/aromatic N) is 1. The Balaban J connectivity index is 1.85. The molecule has 1 aromatic heterocycles. The summed E-state index contributed by atoms with van der Waals surface area (Å²) in [7, 11) is 3.22. The fourth-order valence-corrected chi connectivity index (χ4v) is 3.25. The third-order valence-electron chi connectivity index (χ3n) is 4.87. The molecule has 0 fully saturated rings. The van der Waals surface area contributed by atoms with Crippen molar-refractivity contribution in [2.45, 2.75) is 25.7 Å². The second kappa shape index (κ2) is 11.0. The Kier molecular flexibility index (Phi) is 7.87. The lowest BCUT2D eigenvalue weighted by Gasteiger charge is -2.13. The Bertz CT molecular complexity index is 1000. The Hall–Kier alpha value is -3.54. The number of rotatable bonds is 11. The first-order valence-corrected chi connectivity index (χ1v) is 10.2. The van der Waals surface area contributed by atoms with Gasteiger partial charge in [0.15, 0.2) is 11.5 Å². The summed E-state index contributed by atoms with van der Waals surface area (Å²) in [6, 6.07) is 19.6. The maximum atomic E-state index is 10.6. The van der Waals surface area contributed by atoms with E-state index in [1.165, 1.54) is 0 Å². The van der Waals surface area contributed by atoms with Crippen LogP contribution in [0.2, 0.25) is 0 Å². The van der Waals surface area contributed by atoms with Gasteiger partial charge in [0.25, 0.3) is 0 Å². The maximum absolute atomic E-state index is 10.6. The van der Waals surface area contributed by atoms with Crippen molar-refractivity contribution in [3.8, 4) is 39.8 Å². The van der Waals surface area contributed by atoms with Crippen molar-refractivity contribution in [2.24, 2.45) is 0 Å². The molecule has 2 aromatic carbocycles. The molecule has 0 aliphatic heterocycles. The smallest absolute Gasteiger partial charge is 0.303 e. The molecule has 3 rings (SSSR count). The van der Waals surface area contributed by atoms with Gasteiger partial charge in [0.1, 0.15) is 0 Å². The molecular weight excluding hydrogens is 394 g/mol. The molecule has 0 amide bonds. The highest BCUT2D eigenvalue weighted by molar-refractivity contribution is 5.73. The van der Waals surface area contributed by atoms with Gasteiger partial charge in [-0.2, -0.15) is 0 Å². The maximum Gasteiger partial charge on any atom is 0.303 e. The number of ether oxygens (including phenoxy) is 3. The lowest BCUT2D eigenvalue weighted by molar-refractivity contribution is -0.137. The summed E-state index contributed by atoms with van der Waals surface area (Å²) in [6.45, 7) is 0.482. The van der Waals surface area contributed by atoms with Crippen molar-refractivity contribution < 1.29 is 24.1 Å². The van der Waals surface area contributed by atoms with Crippen molar-refractivity contribution in [2.75, 3.05) is 20.8 Å². The van der Waals surface area contributed by atoms with Crippen molar-refractivity contribution in [1.82, 2.24) is 4.98 Å². The minimum atomic E-state index is -0.766. The summed E-state index contributed by atoms with van der Waals surface area (Å²) >= 11 is 0. The van der Waals surface area contributed by atoms with E-state index in [1.807, 2.05) is 60.7 Å². The summed E-state index contributed by atoms with van der Waals surface area (Å²) < 4.78 is 16.7. The topological polar surface area (TPSA) is 77.9 Å². The molecule has 0 saturated carbocycles. The third-order valence-corrected chi connectivity index (χ3v) is 4.87. The van der Waals surface area contributed by atoms with Gasteiger partial charge in [-0.15, -0.1) is 0 Å². The SMILES string of the molecule is COc1ccc(-c2cc(OCCCCCC(=O)O)nc(-c3ccccc3)c2)cc1OC. The molecule has 0 unspecified atom stereocenters. The quantitative estimate of drug-likeness (QED) is 0.415. The Morgan fingerprint density at radius 1 is 0.839 bits per heavy atom. The Morgan fingerprint density at radius 2 is 1.61 bits per heavy atom. The van der Waals surface area contributed by atoms with E-state index in [9.17, 15) is 4.79 Å². The summed E-state index contributed by atoms with van der Waals surface area (Å²) in [5.74, 6) is 1.09. The first-order valence-electron chi connectivity index (χ1n) is 10.2. The molecule has 1 heterocycles. The number of aromatic nitrogens is 1. The molecule has 0 saturated heterocycles. The average molecular weight is 421 g/mol. The minimum absolute atomic E-state index is 0.186. The predicted octanol–water partition coefficient (Wildman–Crippen LogP) is 5.46. The largest absolute Gasteiger partial charge is 0.493 e. The van der Waals surface area contributed by atoms with E-state index >= 15 is 0 Å². The summed E-state index contributed by atoms with van der Waals surface area (Å²) in [4.78, 5) is 15.3. The highest BCUT2D eigenvalue weighted by Crippen LogP contribution is 2.35. The molecule has 0 aliphatic rings. The fraction of sp³-hybridized carbons (Fsp3) is 0.280. The number of unbranched alkanes of at least 4 members (excludes halogenated alkanes) is 2. The standard InChI is InChI=1S/C25H27NO5/c1-29-22-13-12-19(16-23(22)30-2)20-15-21(18-9-5-3-6-10-18)26-24(17-20)31-14-8-4-7-11-25(27)28/h3,5-6,9-10,12-13,15-17H,4,7-8,11,14H2,1-2H3,(H,27,28). The molecule has 31 heavy (non-hydrogen) atoms. The number of hydrogen-bond acceptors (Lipinski definition) is 5. The van der Waals surface area contributed by atoms with Gasteiger partial charge in [-0.3, -0.25) is 4.79 Å². The molecular formula is C25H27NO5. The summed E-state index contributed by atoms with van der Waals surface area (Å²) in [6.07, 6.45) is 2.40. The van der Waals surface area contributed by atoms with Crippen molar-refractivity contribution in [1.29, 1.82) is 0 Å². The van der Waals surface area contributed by atoms with Gasteiger partial charge in [0.2, 0.25) is 5.88 Å². The zero-order valence-electron chi connectivity index (χ0n) is 17.8. The van der Waals surface area contributed by atoms with Crippen LogP contribution in [0.3, 0.4) is 0 Å². The van der Waals surface area contributed by atoms with E-state index in [2.05, 4.69) is 4.98 Å². The molecule has 162 valence electrons. The van der Waals surface area contributed by atoms with Crippen LogP contribution in [0.15, 0.2) is 60.7 Å². The van der Waals surface area contributed by atoms with Crippen LogP contribution in [0.1, 0.15) is 25.7 Å². The molecule has 6 heteroatoms. The van der Waals surface area contributed by atoms with Gasteiger partial charge in [-0.1, -0.05) is 36.4 Å². The van der Waals surface area contributed by atoms with E-state index in [0.29, 0.717) is 30.4 Å². The normalized spacial score (nSPS) is 10.5. The van der Waals surface area contributed by atoms with Gasteiger partial charge in [-0.25, -0.2) is 4.98 Å². The van der Waals surface area contributed by atoms with Crippen LogP contribution in [-0.4, -0.2) is 36.9 Å². The third kappa shape index (κ3) is 6.22. The van der Waals surface area contributed by atoms with Crippen LogP contribution >= 0.6 is 0 Å². The van der Waals surface area contributed by atoms with Gasteiger partial charge < -0.3 is 19.3 Å². The van der Waals surface area contributed by atoms with Crippen molar-refractivity contribution in [3.63, 3.8) is 0 Å². The number of pyridine rings is 1. The lowest BCUT2D eigenvalue weighted by Crippen LogP contribution is -2.01. The van der Waals surface area contributed by atoms with Gasteiger partial charge in [0.05, 0.1) is 26.5 Å². The highest BCUT2D eigenvalue weighted by atomic mass is 16.5. The second-order valence-electron chi connectivity index (χ2n) is 7.07. The molecule has 3 aromatic rings. The number of carboxylic acid groups (broad SMARTS) is 1. The van der Waals surface area contributed by atoms with Crippen LogP contribution in [-0.2, 0) is 4.79 Å². The Labute approximate surface area is 182 Å². The number of carbonyl (C=O) groups is 1. The average Bonchev–Trinajstić information content (AvgIpc) is 2.81. The van der Waals surface area contributed by atoms with Gasteiger partial charge in [-0.05, 0) is 48.6 Å². The van der Waals surface area contributed by atoms with Crippen LogP contribution in [0.25, 0.3) is 22.4 Å². The van der Waals surface area contributed by atoms with E-state index in [4.69, 9.17) is 19.3 Å². The number of carboxylic acids is 1. The number of aliphatic carboxylic acids is 1. The Morgan fingerprint density at radius 3 is 2.32 bits per heavy atom. The fourth-order valence-electron chi connectivity index (χ4n) is 3.25. The molecule has 6 nitrogen and oxygen atoms in total. The molecule has 1 N–H and O–H groups in total. The van der Waals surface area contributed by atoms with E-state index in [0.717, 1.165) is 35.2 Å². The van der Waals surface area contributed by atoms with E-state index in [1.54, 1.807) is 14.2 Å². The molecule has 0 spiro atoms. The lowest BCUT2D eigenvalue weighted by atomic mass is 10.0. The predicted molar refractivity (Wildman–Crippen MR) is 120 cm³/mol. The van der Waals surface area contributed by atoms with E-state index in [-0.39, 0.29) is 6.42 Å². The summed E-state index contributed by atoms with van der Waals surface area (Å²) in [5, 5.41) is 8.74. The van der Waals surface area contributed by atoms with Gasteiger partial charge >= 0.3 is 5.97 Å². The van der Waals surface area contributed by atoms with Crippen LogP contribution in [0, 0.1) is 0 Å². The highest BCUT2D eigenvalue weighted by Gasteiger charge is 2.11. The zero-order valence-corrected chi connectivity index (χ0v) is 17.8. The molecule has 0 aliphatic carbocycles. The summed E-state index contributed by atoms with van der Waals surface area (Å²) in [5.41, 5.74) is 3.73. The van der Waals surface area contributed by atoms with Crippen molar-refractivity contribution in [3.05, 3.63) is 60.7 Å². The van der Waals surface area contributed by atoms with Crippen LogP contribution in [0.4, 0.5) is 0 Å². The first kappa shape index (κ1) is 22.2. The van der Waals surface area contributed by atoms with Crippen LogP contribution in [0.5, 0.6) is 17.4 Å². The minimum Gasteiger partial charge on any atom is -0.493 e. The molecule has 0 atom stereocenters. The first-order chi connectivity index (χ1) is 15.1. The monoisotopic (exact) mass is 421 g/mol. The van der Waals surface area contributed by atoms with Crippen LogP contribution < -0.4 is 14.2 Å². The molecule has 0 bridgehead atoms. The second-order valence-corrected chi connectivity index (χ2v) is 7.07. The van der Waals surface area contributed by atoms with E-state index < -0.39 is 5.97 Å². The zero-order chi connectivity index (χ0) is 22.1. The molecule has 0 radical (unpaired) electrons. The number of benzene rings is 2.